The summed E-state index contributed by atoms with van der Waals surface area (Å²) in [5.41, 5.74) is 1.96. The molecule has 0 spiro atoms. The zero-order valence-corrected chi connectivity index (χ0v) is 11.0. The molecule has 96 valence electrons. The number of aromatic hydroxyl groups is 1. The second kappa shape index (κ2) is 5.41. The summed E-state index contributed by atoms with van der Waals surface area (Å²) in [5.74, 6) is 0.446. The minimum Gasteiger partial charge on any atom is -0.508 e. The number of rotatable bonds is 3. The van der Waals surface area contributed by atoms with Crippen molar-refractivity contribution in [1.29, 1.82) is 5.26 Å². The van der Waals surface area contributed by atoms with Crippen molar-refractivity contribution in [2.45, 2.75) is 45.2 Å². The van der Waals surface area contributed by atoms with Gasteiger partial charge in [0.2, 0.25) is 0 Å². The third-order valence-electron chi connectivity index (χ3n) is 3.80. The Kier molecular flexibility index (Phi) is 3.88. The number of hydrogen-bond acceptors (Lipinski definition) is 3. The van der Waals surface area contributed by atoms with Gasteiger partial charge in [-0.05, 0) is 38.3 Å². The van der Waals surface area contributed by atoms with Crippen LogP contribution in [0.15, 0.2) is 18.2 Å². The van der Waals surface area contributed by atoms with Crippen LogP contribution in [-0.2, 0) is 0 Å². The summed E-state index contributed by atoms with van der Waals surface area (Å²) in [6.45, 7) is 4.00. The summed E-state index contributed by atoms with van der Waals surface area (Å²) in [4.78, 5) is 0. The fourth-order valence-electron chi connectivity index (χ4n) is 2.74. The first-order valence-electron chi connectivity index (χ1n) is 6.57. The first kappa shape index (κ1) is 12.9. The molecule has 0 aromatic heterocycles. The number of hydrogen-bond donors (Lipinski definition) is 2. The van der Waals surface area contributed by atoms with E-state index in [9.17, 15) is 5.11 Å². The van der Waals surface area contributed by atoms with Crippen molar-refractivity contribution in [3.05, 3.63) is 29.3 Å². The molecule has 0 bridgehead atoms. The molecule has 1 aliphatic rings. The minimum atomic E-state index is 0.0737. The molecule has 3 unspecified atom stereocenters. The van der Waals surface area contributed by atoms with Crippen LogP contribution in [0.2, 0.25) is 0 Å². The third-order valence-corrected chi connectivity index (χ3v) is 3.80. The van der Waals surface area contributed by atoms with Crippen LogP contribution in [0.25, 0.3) is 0 Å². The van der Waals surface area contributed by atoms with Gasteiger partial charge in [-0.15, -0.1) is 0 Å². The molecule has 1 saturated carbocycles. The molecule has 2 N–H and O–H groups in total. The summed E-state index contributed by atoms with van der Waals surface area (Å²) in [6.07, 6.45) is 3.15. The van der Waals surface area contributed by atoms with E-state index >= 15 is 0 Å². The highest BCUT2D eigenvalue weighted by atomic mass is 16.3. The van der Waals surface area contributed by atoms with E-state index in [2.05, 4.69) is 11.4 Å². The average Bonchev–Trinajstić information content (AvgIpc) is 2.76. The molecule has 0 heterocycles. The SMILES string of the molecule is Cc1ccc(C(C)NC2CCCC2C#N)c(O)c1. The van der Waals surface area contributed by atoms with E-state index in [1.807, 2.05) is 26.0 Å². The van der Waals surface area contributed by atoms with Crippen LogP contribution >= 0.6 is 0 Å². The minimum absolute atomic E-state index is 0.0737. The number of benzene rings is 1. The molecule has 3 heteroatoms. The van der Waals surface area contributed by atoms with Crippen molar-refractivity contribution >= 4 is 0 Å². The topological polar surface area (TPSA) is 56.0 Å². The third kappa shape index (κ3) is 2.65. The molecular weight excluding hydrogens is 224 g/mol. The Labute approximate surface area is 108 Å². The lowest BCUT2D eigenvalue weighted by atomic mass is 10.0. The second-order valence-corrected chi connectivity index (χ2v) is 5.22. The van der Waals surface area contributed by atoms with Gasteiger partial charge in [-0.2, -0.15) is 5.26 Å². The van der Waals surface area contributed by atoms with E-state index in [1.54, 1.807) is 6.07 Å². The van der Waals surface area contributed by atoms with E-state index in [1.165, 1.54) is 0 Å². The Bertz CT molecular complexity index is 464. The Balaban J connectivity index is 2.08. The number of aryl methyl sites for hydroxylation is 1. The van der Waals surface area contributed by atoms with Gasteiger partial charge < -0.3 is 10.4 Å². The maximum Gasteiger partial charge on any atom is 0.120 e. The van der Waals surface area contributed by atoms with Gasteiger partial charge >= 0.3 is 0 Å². The monoisotopic (exact) mass is 244 g/mol. The smallest absolute Gasteiger partial charge is 0.120 e. The van der Waals surface area contributed by atoms with Crippen LogP contribution < -0.4 is 5.32 Å². The van der Waals surface area contributed by atoms with Gasteiger partial charge in [-0.25, -0.2) is 0 Å². The first-order valence-corrected chi connectivity index (χ1v) is 6.57. The Morgan fingerprint density at radius 2 is 2.22 bits per heavy atom. The molecule has 3 atom stereocenters. The van der Waals surface area contributed by atoms with Crippen LogP contribution in [0.5, 0.6) is 5.75 Å². The number of phenolic OH excluding ortho intramolecular Hbond substituents is 1. The summed E-state index contributed by atoms with van der Waals surface area (Å²) < 4.78 is 0. The highest BCUT2D eigenvalue weighted by Gasteiger charge is 2.28. The zero-order chi connectivity index (χ0) is 13.1. The highest BCUT2D eigenvalue weighted by Crippen LogP contribution is 2.30. The van der Waals surface area contributed by atoms with Crippen molar-refractivity contribution in [2.24, 2.45) is 5.92 Å². The Hall–Kier alpha value is -1.53. The number of phenols is 1. The maximum absolute atomic E-state index is 9.95. The molecule has 1 aromatic rings. The van der Waals surface area contributed by atoms with Gasteiger partial charge in [0.15, 0.2) is 0 Å². The summed E-state index contributed by atoms with van der Waals surface area (Å²) in [6, 6.07) is 8.44. The number of nitriles is 1. The standard InChI is InChI=1S/C15H20N2O/c1-10-6-7-13(15(18)8-10)11(2)17-14-5-3-4-12(14)9-16/h6-8,11-12,14,17-18H,3-5H2,1-2H3. The molecule has 1 aliphatic carbocycles. The second-order valence-electron chi connectivity index (χ2n) is 5.22. The zero-order valence-electron chi connectivity index (χ0n) is 11.0. The van der Waals surface area contributed by atoms with Crippen molar-refractivity contribution in [1.82, 2.24) is 5.32 Å². The van der Waals surface area contributed by atoms with Crippen LogP contribution in [-0.4, -0.2) is 11.1 Å². The van der Waals surface area contributed by atoms with E-state index in [0.717, 1.165) is 30.4 Å². The quantitative estimate of drug-likeness (QED) is 0.859. The first-order chi connectivity index (χ1) is 8.61. The Morgan fingerprint density at radius 3 is 2.89 bits per heavy atom. The van der Waals surface area contributed by atoms with Crippen molar-refractivity contribution in [3.63, 3.8) is 0 Å². The molecular formula is C15H20N2O. The molecule has 18 heavy (non-hydrogen) atoms. The molecule has 1 aromatic carbocycles. The molecule has 3 nitrogen and oxygen atoms in total. The lowest BCUT2D eigenvalue weighted by molar-refractivity contribution is 0.401. The normalized spacial score (nSPS) is 24.7. The molecule has 2 rings (SSSR count). The maximum atomic E-state index is 9.95. The van der Waals surface area contributed by atoms with Crippen LogP contribution in [0.3, 0.4) is 0 Å². The van der Waals surface area contributed by atoms with Crippen molar-refractivity contribution in [3.8, 4) is 11.8 Å². The summed E-state index contributed by atoms with van der Waals surface area (Å²) in [5, 5.41) is 22.5. The van der Waals surface area contributed by atoms with Crippen molar-refractivity contribution in [2.75, 3.05) is 0 Å². The lowest BCUT2D eigenvalue weighted by Gasteiger charge is -2.22. The molecule has 0 aliphatic heterocycles. The predicted octanol–water partition coefficient (Wildman–Crippen LogP) is 3.04. The van der Waals surface area contributed by atoms with Gasteiger partial charge in [0, 0.05) is 17.6 Å². The number of nitrogens with one attached hydrogen (secondary N) is 1. The average molecular weight is 244 g/mol. The van der Waals surface area contributed by atoms with E-state index in [4.69, 9.17) is 5.26 Å². The number of nitrogens with zero attached hydrogens (tertiary/aromatic N) is 1. The van der Waals surface area contributed by atoms with Gasteiger partial charge in [-0.1, -0.05) is 18.6 Å². The van der Waals surface area contributed by atoms with Crippen LogP contribution in [0.1, 0.15) is 43.4 Å². The highest BCUT2D eigenvalue weighted by molar-refractivity contribution is 5.37. The van der Waals surface area contributed by atoms with Crippen molar-refractivity contribution < 1.29 is 5.11 Å². The van der Waals surface area contributed by atoms with Gasteiger partial charge in [-0.3, -0.25) is 0 Å². The summed E-state index contributed by atoms with van der Waals surface area (Å²) in [7, 11) is 0. The van der Waals surface area contributed by atoms with Gasteiger partial charge in [0.1, 0.15) is 5.75 Å². The van der Waals surface area contributed by atoms with E-state index < -0.39 is 0 Å². The molecule has 0 amide bonds. The van der Waals surface area contributed by atoms with E-state index in [0.29, 0.717) is 5.75 Å². The molecule has 1 fully saturated rings. The predicted molar refractivity (Wildman–Crippen MR) is 71.1 cm³/mol. The Morgan fingerprint density at radius 1 is 1.44 bits per heavy atom. The fraction of sp³-hybridized carbons (Fsp3) is 0.533. The largest absolute Gasteiger partial charge is 0.508 e. The molecule has 0 saturated heterocycles. The summed E-state index contributed by atoms with van der Waals surface area (Å²) >= 11 is 0. The van der Waals surface area contributed by atoms with E-state index in [-0.39, 0.29) is 18.0 Å². The fourth-order valence-corrected chi connectivity index (χ4v) is 2.74. The van der Waals surface area contributed by atoms with Gasteiger partial charge in [0.25, 0.3) is 0 Å². The lowest BCUT2D eigenvalue weighted by Crippen LogP contribution is -2.33. The van der Waals surface area contributed by atoms with Gasteiger partial charge in [0.05, 0.1) is 12.0 Å². The van der Waals surface area contributed by atoms with Crippen LogP contribution in [0.4, 0.5) is 0 Å². The van der Waals surface area contributed by atoms with Crippen LogP contribution in [0, 0.1) is 24.2 Å². The molecule has 0 radical (unpaired) electrons.